The van der Waals surface area contributed by atoms with E-state index in [0.29, 0.717) is 24.0 Å². The average molecular weight is 972 g/mol. The number of rotatable bonds is 23. The third-order valence-electron chi connectivity index (χ3n) is 13.2. The molecule has 3 saturated heterocycles. The Morgan fingerprint density at radius 2 is 1.61 bits per heavy atom. The molecule has 1 saturated carbocycles. The van der Waals surface area contributed by atoms with E-state index in [-0.39, 0.29) is 32.2 Å². The summed E-state index contributed by atoms with van der Waals surface area (Å²) in [6.45, 7) is 7.00. The minimum atomic E-state index is -4.71. The normalized spacial score (nSPS) is 24.8. The number of ether oxygens (including phenoxy) is 5. The summed E-state index contributed by atoms with van der Waals surface area (Å²) in [5, 5.41) is 14.6. The van der Waals surface area contributed by atoms with Crippen molar-refractivity contribution in [3.63, 3.8) is 0 Å². The van der Waals surface area contributed by atoms with Crippen molar-refractivity contribution >= 4 is 35.8 Å². The summed E-state index contributed by atoms with van der Waals surface area (Å²) in [5.41, 5.74) is -0.846. The Bertz CT molecular complexity index is 2120. The molecule has 18 heteroatoms. The Hall–Kier alpha value is -4.88. The number of esters is 3. The molecule has 6 rings (SSSR count). The van der Waals surface area contributed by atoms with Gasteiger partial charge in [0.1, 0.15) is 41.5 Å². The van der Waals surface area contributed by atoms with Crippen molar-refractivity contribution in [1.29, 1.82) is 0 Å². The number of hydrogen-bond acceptors (Lipinski definition) is 13. The van der Waals surface area contributed by atoms with Gasteiger partial charge in [0.15, 0.2) is 18.4 Å². The zero-order chi connectivity index (χ0) is 50.1. The molecule has 0 radical (unpaired) electrons. The summed E-state index contributed by atoms with van der Waals surface area (Å²) in [4.78, 5) is 78.3. The van der Waals surface area contributed by atoms with Crippen molar-refractivity contribution in [3.05, 3.63) is 77.4 Å². The summed E-state index contributed by atoms with van der Waals surface area (Å²) in [7, 11) is 1.49. The molecule has 0 spiro atoms. The predicted octanol–water partition coefficient (Wildman–Crippen LogP) is 6.91. The van der Waals surface area contributed by atoms with Crippen molar-refractivity contribution < 1.29 is 70.8 Å². The quantitative estimate of drug-likeness (QED) is 0.0508. The first-order chi connectivity index (χ1) is 32.7. The molecule has 2 aromatic rings. The van der Waals surface area contributed by atoms with Crippen LogP contribution in [0.2, 0.25) is 0 Å². The number of unbranched alkanes of at least 4 members (excludes halogenated alkanes) is 4. The summed E-state index contributed by atoms with van der Waals surface area (Å²) in [6.07, 6.45) is 0.135. The summed E-state index contributed by atoms with van der Waals surface area (Å²) < 4.78 is 68.4. The highest BCUT2D eigenvalue weighted by atomic mass is 19.4. The second-order valence-electron chi connectivity index (χ2n) is 19.6. The van der Waals surface area contributed by atoms with Gasteiger partial charge in [0.2, 0.25) is 11.8 Å². The maximum absolute atomic E-state index is 15.9. The molecule has 2 unspecified atom stereocenters. The average Bonchev–Trinajstić information content (AvgIpc) is 3.86. The van der Waals surface area contributed by atoms with E-state index in [4.69, 9.17) is 23.8 Å². The van der Waals surface area contributed by atoms with Gasteiger partial charge in [0.25, 0.3) is 0 Å². The van der Waals surface area contributed by atoms with Crippen LogP contribution in [0.3, 0.4) is 0 Å². The predicted molar refractivity (Wildman–Crippen MR) is 245 cm³/mol. The van der Waals surface area contributed by atoms with Crippen molar-refractivity contribution in [2.75, 3.05) is 20.3 Å². The van der Waals surface area contributed by atoms with Crippen LogP contribution in [0.25, 0.3) is 6.08 Å². The molecule has 15 nitrogen and oxygen atoms in total. The van der Waals surface area contributed by atoms with Gasteiger partial charge in [0, 0.05) is 45.2 Å². The van der Waals surface area contributed by atoms with E-state index in [1.807, 2.05) is 18.2 Å². The van der Waals surface area contributed by atoms with Crippen LogP contribution in [0.4, 0.5) is 13.2 Å². The number of amides is 2. The second kappa shape index (κ2) is 22.9. The molecule has 1 aliphatic carbocycles. The number of aliphatic hydroxyl groups is 1. The van der Waals surface area contributed by atoms with Crippen LogP contribution in [0, 0.1) is 5.41 Å². The Labute approximate surface area is 402 Å². The zero-order valence-electron chi connectivity index (χ0n) is 40.5. The summed E-state index contributed by atoms with van der Waals surface area (Å²) in [6, 6.07) is 12.3. The molecular weight excluding hydrogens is 904 g/mol. The van der Waals surface area contributed by atoms with Crippen LogP contribution in [0.5, 0.6) is 0 Å². The Morgan fingerprint density at radius 3 is 2.25 bits per heavy atom. The molecule has 2 aromatic carbocycles. The highest BCUT2D eigenvalue weighted by Crippen LogP contribution is 2.58. The fraction of sp³-hybridized carbons (Fsp3) is 0.627. The second-order valence-corrected chi connectivity index (χ2v) is 19.6. The van der Waals surface area contributed by atoms with E-state index in [1.54, 1.807) is 57.2 Å². The molecular formula is C51H68F3N3O12. The molecule has 69 heavy (non-hydrogen) atoms. The van der Waals surface area contributed by atoms with Crippen LogP contribution in [-0.2, 0) is 65.5 Å². The first-order valence-electron chi connectivity index (χ1n) is 24.2. The number of hydrogen-bond donors (Lipinski definition) is 2. The highest BCUT2D eigenvalue weighted by Gasteiger charge is 2.77. The number of halogens is 3. The van der Waals surface area contributed by atoms with Crippen LogP contribution >= 0.6 is 0 Å². The minimum Gasteiger partial charge on any atom is -0.460 e. The maximum Gasteiger partial charge on any atom is 0.422 e. The van der Waals surface area contributed by atoms with Crippen LogP contribution in [-0.4, -0.2) is 125 Å². The van der Waals surface area contributed by atoms with Gasteiger partial charge in [-0.1, -0.05) is 94.1 Å². The van der Waals surface area contributed by atoms with E-state index in [9.17, 15) is 37.5 Å². The standard InChI is InChI=1S/C51H68F3N3O12/c1-7-9-16-26-49(27-17-10-8-2)67-41-38-29-50(47(63)56(6)37(28-33-18-12-11-13-19-33)45(61)55-36(31-58)23-25-40(60)66-48(3,4)5)43(46(62)65-38)57(69-44(50)42(41)68-49)30-35-21-15-14-20-34(35)22-24-39(59)64-32-51(52,53)54/h11-15,18-22,24,36-38,41-44,58H,7-10,16-17,23,25-32H2,1-6H3,(H,55,61)/t36-,37+,38?,41-,42-,43-,44+,50?/m0/s1. The number of nitrogens with one attached hydrogen (secondary N) is 1. The van der Waals surface area contributed by atoms with Crippen molar-refractivity contribution in [2.45, 2.75) is 178 Å². The number of hydroxylamine groups is 2. The van der Waals surface area contributed by atoms with Gasteiger partial charge in [-0.3, -0.25) is 24.0 Å². The van der Waals surface area contributed by atoms with Gasteiger partial charge < -0.3 is 39.0 Å². The lowest BCUT2D eigenvalue weighted by molar-refractivity contribution is -0.225. The van der Waals surface area contributed by atoms with Gasteiger partial charge in [-0.25, -0.2) is 4.79 Å². The van der Waals surface area contributed by atoms with Gasteiger partial charge in [-0.15, -0.1) is 0 Å². The lowest BCUT2D eigenvalue weighted by Crippen LogP contribution is -2.70. The fourth-order valence-corrected chi connectivity index (χ4v) is 9.95. The molecule has 8 atom stereocenters. The fourth-order valence-electron chi connectivity index (χ4n) is 9.95. The van der Waals surface area contributed by atoms with Gasteiger partial charge >= 0.3 is 24.1 Å². The maximum atomic E-state index is 15.9. The van der Waals surface area contributed by atoms with Crippen molar-refractivity contribution in [2.24, 2.45) is 5.41 Å². The largest absolute Gasteiger partial charge is 0.460 e. The van der Waals surface area contributed by atoms with Crippen LogP contribution in [0.1, 0.15) is 122 Å². The number of alkyl halides is 3. The summed E-state index contributed by atoms with van der Waals surface area (Å²) in [5.74, 6) is -4.74. The lowest BCUT2D eigenvalue weighted by atomic mass is 9.62. The third kappa shape index (κ3) is 13.1. The smallest absolute Gasteiger partial charge is 0.422 e. The molecule has 2 bridgehead atoms. The zero-order valence-corrected chi connectivity index (χ0v) is 40.5. The topological polar surface area (TPSA) is 179 Å². The molecule has 380 valence electrons. The first-order valence-corrected chi connectivity index (χ1v) is 24.2. The van der Waals surface area contributed by atoms with Crippen LogP contribution < -0.4 is 5.32 Å². The Morgan fingerprint density at radius 1 is 0.957 bits per heavy atom. The van der Waals surface area contributed by atoms with E-state index >= 15 is 4.79 Å². The van der Waals surface area contributed by atoms with Crippen molar-refractivity contribution in [3.8, 4) is 0 Å². The van der Waals surface area contributed by atoms with Gasteiger partial charge in [-0.05, 0) is 62.8 Å². The number of nitrogens with zero attached hydrogens (tertiary/aromatic N) is 2. The van der Waals surface area contributed by atoms with E-state index in [1.165, 1.54) is 23.1 Å². The molecule has 2 N–H and O–H groups in total. The highest BCUT2D eigenvalue weighted by molar-refractivity contribution is 5.96. The molecule has 0 aromatic heterocycles. The van der Waals surface area contributed by atoms with Gasteiger partial charge in [-0.2, -0.15) is 18.2 Å². The Kier molecular flexibility index (Phi) is 17.8. The van der Waals surface area contributed by atoms with Crippen molar-refractivity contribution in [1.82, 2.24) is 15.3 Å². The number of aliphatic hydroxyl groups excluding tert-OH is 1. The van der Waals surface area contributed by atoms with E-state index in [2.05, 4.69) is 23.9 Å². The number of likely N-dealkylation sites (N-methyl/N-ethyl adjacent to an activating group) is 1. The number of benzene rings is 2. The minimum absolute atomic E-state index is 0.0394. The number of carbonyl (C=O) groups is 5. The monoisotopic (exact) mass is 971 g/mol. The first kappa shape index (κ1) is 53.5. The molecule has 3 heterocycles. The number of carbonyl (C=O) groups excluding carboxylic acids is 5. The Balaban J connectivity index is 1.38. The molecule has 2 amide bonds. The summed E-state index contributed by atoms with van der Waals surface area (Å²) >= 11 is 0. The molecule has 3 aliphatic heterocycles. The number of fused-ring (bicyclic) bond motifs is 4. The lowest BCUT2D eigenvalue weighted by Gasteiger charge is -2.50. The SMILES string of the molecule is CCCCCC1(CCCCC)O[C@@H]2[C@H]3ON(Cc4ccccc4C=CC(=O)OCC(F)(F)F)[C@H]4C(=O)OC(CC34C(=O)N(C)[C@H](Cc3ccccc3)C(=O)N[C@H](CO)CCC(=O)OC(C)(C)C)[C@@H]2O1. The molecule has 4 fully saturated rings. The third-order valence-corrected chi connectivity index (χ3v) is 13.2. The van der Waals surface area contributed by atoms with Crippen LogP contribution in [0.15, 0.2) is 60.7 Å². The van der Waals surface area contributed by atoms with Gasteiger partial charge in [0.05, 0.1) is 19.2 Å². The van der Waals surface area contributed by atoms with E-state index in [0.717, 1.165) is 50.2 Å². The molecule has 4 aliphatic rings. The van der Waals surface area contributed by atoms with E-state index < -0.39 is 108 Å².